The number of fused-ring (bicyclic) bond motifs is 1. The fourth-order valence-electron chi connectivity index (χ4n) is 3.86. The maximum atomic E-state index is 12.3. The molecule has 1 aliphatic rings. The first kappa shape index (κ1) is 17.8. The van der Waals surface area contributed by atoms with Gasteiger partial charge in [-0.3, -0.25) is 9.69 Å². The van der Waals surface area contributed by atoms with E-state index in [-0.39, 0.29) is 5.91 Å². The van der Waals surface area contributed by atoms with Gasteiger partial charge in [0.1, 0.15) is 5.75 Å². The molecule has 1 aliphatic heterocycles. The standard InChI is InChI=1S/C20H29N3O2/c1-4-23(5-2)20(24)14-22-10-8-15(9-11-22)18-13-21-19-7-6-16(25-3)12-17(18)19/h6-7,12-13,15,21H,4-5,8-11,14H2,1-3H3. The Morgan fingerprint density at radius 2 is 2.00 bits per heavy atom. The number of carbonyl (C=O) groups excluding carboxylic acids is 1. The number of nitrogens with one attached hydrogen (secondary N) is 1. The molecule has 25 heavy (non-hydrogen) atoms. The number of aromatic nitrogens is 1. The summed E-state index contributed by atoms with van der Waals surface area (Å²) in [4.78, 5) is 19.9. The number of amides is 1. The van der Waals surface area contributed by atoms with Crippen molar-refractivity contribution in [2.45, 2.75) is 32.6 Å². The van der Waals surface area contributed by atoms with Gasteiger partial charge in [-0.25, -0.2) is 0 Å². The maximum absolute atomic E-state index is 12.3. The predicted octanol–water partition coefficient (Wildman–Crippen LogP) is 3.22. The number of hydrogen-bond donors (Lipinski definition) is 1. The Kier molecular flexibility index (Phi) is 5.63. The normalized spacial score (nSPS) is 16.3. The fourth-order valence-corrected chi connectivity index (χ4v) is 3.86. The van der Waals surface area contributed by atoms with Crippen molar-refractivity contribution in [2.75, 3.05) is 39.8 Å². The summed E-state index contributed by atoms with van der Waals surface area (Å²) >= 11 is 0. The van der Waals surface area contributed by atoms with Crippen molar-refractivity contribution in [2.24, 2.45) is 0 Å². The molecule has 1 fully saturated rings. The summed E-state index contributed by atoms with van der Waals surface area (Å²) in [5, 5.41) is 1.26. The number of carbonyl (C=O) groups is 1. The zero-order valence-electron chi connectivity index (χ0n) is 15.5. The van der Waals surface area contributed by atoms with E-state index in [1.807, 2.05) is 24.8 Å². The summed E-state index contributed by atoms with van der Waals surface area (Å²) in [6.45, 7) is 8.18. The molecule has 5 heteroatoms. The van der Waals surface area contributed by atoms with Crippen LogP contribution in [0, 0.1) is 0 Å². The largest absolute Gasteiger partial charge is 0.497 e. The average Bonchev–Trinajstić information content (AvgIpc) is 3.06. The van der Waals surface area contributed by atoms with E-state index in [1.54, 1.807) is 7.11 Å². The van der Waals surface area contributed by atoms with Gasteiger partial charge in [0, 0.05) is 30.2 Å². The molecule has 0 radical (unpaired) electrons. The lowest BCUT2D eigenvalue weighted by Crippen LogP contribution is -2.43. The van der Waals surface area contributed by atoms with Crippen LogP contribution in [0.15, 0.2) is 24.4 Å². The van der Waals surface area contributed by atoms with Gasteiger partial charge in [-0.2, -0.15) is 0 Å². The molecule has 2 aromatic rings. The molecule has 0 atom stereocenters. The average molecular weight is 343 g/mol. The lowest BCUT2D eigenvalue weighted by Gasteiger charge is -2.32. The van der Waals surface area contributed by atoms with E-state index in [0.717, 1.165) is 50.3 Å². The van der Waals surface area contributed by atoms with E-state index in [4.69, 9.17) is 4.74 Å². The zero-order chi connectivity index (χ0) is 17.8. The Morgan fingerprint density at radius 3 is 2.64 bits per heavy atom. The molecule has 136 valence electrons. The predicted molar refractivity (Wildman–Crippen MR) is 101 cm³/mol. The number of hydrogen-bond acceptors (Lipinski definition) is 3. The molecule has 0 bridgehead atoms. The second-order valence-electron chi connectivity index (χ2n) is 6.77. The summed E-state index contributed by atoms with van der Waals surface area (Å²) in [7, 11) is 1.71. The van der Waals surface area contributed by atoms with Crippen LogP contribution < -0.4 is 4.74 Å². The lowest BCUT2D eigenvalue weighted by atomic mass is 9.89. The summed E-state index contributed by atoms with van der Waals surface area (Å²) < 4.78 is 5.37. The van der Waals surface area contributed by atoms with Crippen LogP contribution >= 0.6 is 0 Å². The Morgan fingerprint density at radius 1 is 1.28 bits per heavy atom. The minimum atomic E-state index is 0.250. The number of benzene rings is 1. The monoisotopic (exact) mass is 343 g/mol. The molecule has 5 nitrogen and oxygen atoms in total. The molecule has 3 rings (SSSR count). The van der Waals surface area contributed by atoms with Crippen molar-refractivity contribution < 1.29 is 9.53 Å². The number of ether oxygens (including phenoxy) is 1. The Labute approximate surface area is 149 Å². The van der Waals surface area contributed by atoms with E-state index in [0.29, 0.717) is 12.5 Å². The van der Waals surface area contributed by atoms with Gasteiger partial charge >= 0.3 is 0 Å². The number of rotatable bonds is 6. The van der Waals surface area contributed by atoms with E-state index >= 15 is 0 Å². The topological polar surface area (TPSA) is 48.6 Å². The quantitative estimate of drug-likeness (QED) is 0.876. The Hall–Kier alpha value is -2.01. The molecule has 1 aromatic heterocycles. The van der Waals surface area contributed by atoms with Gasteiger partial charge in [-0.1, -0.05) is 0 Å². The molecule has 1 amide bonds. The summed E-state index contributed by atoms with van der Waals surface area (Å²) in [5.41, 5.74) is 2.54. The third-order valence-corrected chi connectivity index (χ3v) is 5.42. The van der Waals surface area contributed by atoms with E-state index in [2.05, 4.69) is 28.2 Å². The van der Waals surface area contributed by atoms with E-state index in [1.165, 1.54) is 10.9 Å². The van der Waals surface area contributed by atoms with Crippen LogP contribution in [-0.4, -0.2) is 60.5 Å². The fraction of sp³-hybridized carbons (Fsp3) is 0.550. The first-order valence-corrected chi connectivity index (χ1v) is 9.31. The van der Waals surface area contributed by atoms with Crippen LogP contribution in [0.25, 0.3) is 10.9 Å². The molecule has 1 aromatic carbocycles. The molecular weight excluding hydrogens is 314 g/mol. The summed E-state index contributed by atoms with van der Waals surface area (Å²) in [5.74, 6) is 1.69. The van der Waals surface area contributed by atoms with Gasteiger partial charge in [-0.05, 0) is 69.5 Å². The van der Waals surface area contributed by atoms with E-state index in [9.17, 15) is 4.79 Å². The third-order valence-electron chi connectivity index (χ3n) is 5.42. The van der Waals surface area contributed by atoms with Crippen molar-refractivity contribution in [3.05, 3.63) is 30.0 Å². The first-order valence-electron chi connectivity index (χ1n) is 9.31. The molecule has 1 N–H and O–H groups in total. The zero-order valence-corrected chi connectivity index (χ0v) is 15.5. The molecule has 0 aliphatic carbocycles. The number of piperidine rings is 1. The number of likely N-dealkylation sites (N-methyl/N-ethyl adjacent to an activating group) is 1. The molecule has 0 saturated carbocycles. The highest BCUT2D eigenvalue weighted by atomic mass is 16.5. The number of methoxy groups -OCH3 is 1. The van der Waals surface area contributed by atoms with Gasteiger partial charge in [0.15, 0.2) is 0 Å². The van der Waals surface area contributed by atoms with E-state index < -0.39 is 0 Å². The number of likely N-dealkylation sites (tertiary alicyclic amines) is 1. The minimum absolute atomic E-state index is 0.250. The van der Waals surface area contributed by atoms with Crippen molar-refractivity contribution in [1.29, 1.82) is 0 Å². The molecule has 2 heterocycles. The molecule has 1 saturated heterocycles. The van der Waals surface area contributed by atoms with Crippen molar-refractivity contribution in [3.63, 3.8) is 0 Å². The Bertz CT molecular complexity index is 713. The van der Waals surface area contributed by atoms with Gasteiger partial charge in [-0.15, -0.1) is 0 Å². The van der Waals surface area contributed by atoms with Gasteiger partial charge in [0.2, 0.25) is 5.91 Å². The summed E-state index contributed by atoms with van der Waals surface area (Å²) in [6, 6.07) is 6.19. The minimum Gasteiger partial charge on any atom is -0.497 e. The van der Waals surface area contributed by atoms with Crippen molar-refractivity contribution >= 4 is 16.8 Å². The van der Waals surface area contributed by atoms with Crippen LogP contribution in [0.3, 0.4) is 0 Å². The van der Waals surface area contributed by atoms with Crippen LogP contribution in [0.1, 0.15) is 38.2 Å². The van der Waals surface area contributed by atoms with Crippen molar-refractivity contribution in [3.8, 4) is 5.75 Å². The first-order chi connectivity index (χ1) is 12.2. The smallest absolute Gasteiger partial charge is 0.236 e. The molecule has 0 spiro atoms. The van der Waals surface area contributed by atoms with Crippen LogP contribution in [0.2, 0.25) is 0 Å². The van der Waals surface area contributed by atoms with Crippen molar-refractivity contribution in [1.82, 2.24) is 14.8 Å². The number of H-pyrrole nitrogens is 1. The lowest BCUT2D eigenvalue weighted by molar-refractivity contribution is -0.132. The van der Waals surface area contributed by atoms with Crippen LogP contribution in [0.5, 0.6) is 5.75 Å². The molecular formula is C20H29N3O2. The number of nitrogens with zero attached hydrogens (tertiary/aromatic N) is 2. The van der Waals surface area contributed by atoms with Crippen LogP contribution in [0.4, 0.5) is 0 Å². The van der Waals surface area contributed by atoms with Gasteiger partial charge < -0.3 is 14.6 Å². The highest BCUT2D eigenvalue weighted by Gasteiger charge is 2.25. The number of aromatic amines is 1. The second-order valence-corrected chi connectivity index (χ2v) is 6.77. The highest BCUT2D eigenvalue weighted by Crippen LogP contribution is 2.34. The maximum Gasteiger partial charge on any atom is 0.236 e. The van der Waals surface area contributed by atoms with Crippen LogP contribution in [-0.2, 0) is 4.79 Å². The Balaban J connectivity index is 1.64. The van der Waals surface area contributed by atoms with Gasteiger partial charge in [0.25, 0.3) is 0 Å². The highest BCUT2D eigenvalue weighted by molar-refractivity contribution is 5.85. The second kappa shape index (κ2) is 7.91. The molecule has 0 unspecified atom stereocenters. The summed E-state index contributed by atoms with van der Waals surface area (Å²) in [6.07, 6.45) is 4.33. The SMILES string of the molecule is CCN(CC)C(=O)CN1CCC(c2c[nH]c3ccc(OC)cc23)CC1. The third kappa shape index (κ3) is 3.82. The van der Waals surface area contributed by atoms with Gasteiger partial charge in [0.05, 0.1) is 13.7 Å².